The first-order valence-corrected chi connectivity index (χ1v) is 6.83. The first kappa shape index (κ1) is 13.1. The third kappa shape index (κ3) is 2.06. The number of rotatable bonds is 2. The van der Waals surface area contributed by atoms with E-state index in [0.29, 0.717) is 5.82 Å². The molecule has 0 saturated carbocycles. The largest absolute Gasteiger partial charge is 0.392 e. The molecule has 3 nitrogen and oxygen atoms in total. The van der Waals surface area contributed by atoms with Gasteiger partial charge in [0.2, 0.25) is 0 Å². The number of aromatic nitrogens is 1. The maximum absolute atomic E-state index is 14.5. The van der Waals surface area contributed by atoms with Crippen LogP contribution in [0.4, 0.5) is 15.9 Å². The third-order valence-electron chi connectivity index (χ3n) is 3.87. The number of aryl methyl sites for hydroxylation is 1. The molecule has 104 valence electrons. The number of benzene rings is 1. The van der Waals surface area contributed by atoms with Gasteiger partial charge >= 0.3 is 0 Å². The minimum atomic E-state index is -0.432. The van der Waals surface area contributed by atoms with Crippen LogP contribution in [0.15, 0.2) is 36.5 Å². The van der Waals surface area contributed by atoms with E-state index < -0.39 is 5.82 Å². The van der Waals surface area contributed by atoms with E-state index in [2.05, 4.69) is 18.0 Å². The van der Waals surface area contributed by atoms with Gasteiger partial charge in [-0.3, -0.25) is 0 Å². The zero-order valence-electron chi connectivity index (χ0n) is 11.4. The summed E-state index contributed by atoms with van der Waals surface area (Å²) in [6.07, 6.45) is 3.50. The van der Waals surface area contributed by atoms with Crippen LogP contribution in [0.1, 0.15) is 24.5 Å². The number of hydrogen-bond acceptors (Lipinski definition) is 3. The second kappa shape index (κ2) is 5.21. The van der Waals surface area contributed by atoms with Crippen molar-refractivity contribution in [3.63, 3.8) is 0 Å². The van der Waals surface area contributed by atoms with Crippen LogP contribution in [0.3, 0.4) is 0 Å². The fourth-order valence-corrected chi connectivity index (χ4v) is 2.77. The Morgan fingerprint density at radius 2 is 2.15 bits per heavy atom. The van der Waals surface area contributed by atoms with Crippen molar-refractivity contribution in [1.29, 1.82) is 0 Å². The van der Waals surface area contributed by atoms with Crippen LogP contribution in [-0.2, 0) is 13.0 Å². The highest BCUT2D eigenvalue weighted by Gasteiger charge is 2.27. The van der Waals surface area contributed by atoms with Gasteiger partial charge < -0.3 is 10.0 Å². The topological polar surface area (TPSA) is 36.4 Å². The number of pyridine rings is 1. The summed E-state index contributed by atoms with van der Waals surface area (Å²) in [6.45, 7) is 1.76. The van der Waals surface area contributed by atoms with E-state index in [1.165, 1.54) is 11.6 Å². The van der Waals surface area contributed by atoms with E-state index in [1.54, 1.807) is 6.20 Å². The summed E-state index contributed by atoms with van der Waals surface area (Å²) in [5, 5.41) is 9.22. The van der Waals surface area contributed by atoms with Crippen molar-refractivity contribution < 1.29 is 9.50 Å². The highest BCUT2D eigenvalue weighted by Crippen LogP contribution is 2.37. The maximum atomic E-state index is 14.5. The molecule has 2 heterocycles. The van der Waals surface area contributed by atoms with Crippen LogP contribution in [0.25, 0.3) is 0 Å². The highest BCUT2D eigenvalue weighted by atomic mass is 19.1. The molecule has 2 aromatic rings. The molecule has 1 unspecified atom stereocenters. The molecular formula is C16H17FN2O. The van der Waals surface area contributed by atoms with Gasteiger partial charge in [-0.1, -0.05) is 18.2 Å². The highest BCUT2D eigenvalue weighted by molar-refractivity contribution is 5.67. The number of fused-ring (bicyclic) bond motifs is 1. The van der Waals surface area contributed by atoms with Crippen molar-refractivity contribution in [2.75, 3.05) is 4.90 Å². The van der Waals surface area contributed by atoms with Crippen molar-refractivity contribution in [2.24, 2.45) is 0 Å². The summed E-state index contributed by atoms with van der Waals surface area (Å²) in [5.74, 6) is -0.130. The molecule has 1 N–H and O–H groups in total. The van der Waals surface area contributed by atoms with E-state index in [4.69, 9.17) is 0 Å². The number of nitrogens with zero attached hydrogens (tertiary/aromatic N) is 2. The molecule has 1 aliphatic heterocycles. The van der Waals surface area contributed by atoms with E-state index in [1.807, 2.05) is 23.1 Å². The zero-order chi connectivity index (χ0) is 14.1. The molecule has 1 aliphatic rings. The van der Waals surface area contributed by atoms with Gasteiger partial charge in [-0.25, -0.2) is 9.37 Å². The lowest BCUT2D eigenvalue weighted by molar-refractivity contribution is 0.275. The van der Waals surface area contributed by atoms with Crippen LogP contribution < -0.4 is 4.90 Å². The number of aliphatic hydroxyl groups is 1. The van der Waals surface area contributed by atoms with Crippen LogP contribution in [0.5, 0.6) is 0 Å². The summed E-state index contributed by atoms with van der Waals surface area (Å²) in [6, 6.07) is 9.72. The van der Waals surface area contributed by atoms with Crippen LogP contribution in [0.2, 0.25) is 0 Å². The second-order valence-electron chi connectivity index (χ2n) is 5.15. The van der Waals surface area contributed by atoms with Crippen molar-refractivity contribution >= 4 is 11.5 Å². The molecule has 0 saturated heterocycles. The van der Waals surface area contributed by atoms with Crippen LogP contribution in [0, 0.1) is 5.82 Å². The molecule has 0 aliphatic carbocycles. The Labute approximate surface area is 117 Å². The van der Waals surface area contributed by atoms with Gasteiger partial charge in [0, 0.05) is 23.5 Å². The van der Waals surface area contributed by atoms with Gasteiger partial charge in [0.25, 0.3) is 0 Å². The summed E-state index contributed by atoms with van der Waals surface area (Å²) in [4.78, 5) is 6.14. The lowest BCUT2D eigenvalue weighted by atomic mass is 9.96. The Kier molecular flexibility index (Phi) is 3.40. The van der Waals surface area contributed by atoms with Gasteiger partial charge in [0.05, 0.1) is 6.61 Å². The molecule has 0 amide bonds. The molecule has 1 aromatic carbocycles. The monoisotopic (exact) mass is 272 g/mol. The zero-order valence-corrected chi connectivity index (χ0v) is 11.4. The first-order valence-electron chi connectivity index (χ1n) is 6.83. The van der Waals surface area contributed by atoms with Gasteiger partial charge in [-0.05, 0) is 37.5 Å². The number of halogens is 1. The van der Waals surface area contributed by atoms with Gasteiger partial charge in [-0.15, -0.1) is 0 Å². The minimum Gasteiger partial charge on any atom is -0.392 e. The average Bonchev–Trinajstić information content (AvgIpc) is 2.48. The smallest absolute Gasteiger partial charge is 0.171 e. The fraction of sp³-hybridized carbons (Fsp3) is 0.312. The van der Waals surface area contributed by atoms with Crippen molar-refractivity contribution in [1.82, 2.24) is 4.98 Å². The molecule has 3 rings (SSSR count). The van der Waals surface area contributed by atoms with Gasteiger partial charge in [-0.2, -0.15) is 0 Å². The predicted molar refractivity (Wildman–Crippen MR) is 76.5 cm³/mol. The number of hydrogen-bond donors (Lipinski definition) is 1. The Hall–Kier alpha value is -1.94. The lowest BCUT2D eigenvalue weighted by Gasteiger charge is -2.36. The first-order chi connectivity index (χ1) is 9.72. The van der Waals surface area contributed by atoms with E-state index in [-0.39, 0.29) is 18.2 Å². The minimum absolute atomic E-state index is 0.181. The van der Waals surface area contributed by atoms with Gasteiger partial charge in [0.15, 0.2) is 11.6 Å². The van der Waals surface area contributed by atoms with Crippen LogP contribution in [-0.4, -0.2) is 16.1 Å². The van der Waals surface area contributed by atoms with E-state index in [0.717, 1.165) is 18.5 Å². The SMILES string of the molecule is CC1CCc2ccccc2N1c1nccc(CO)c1F. The predicted octanol–water partition coefficient (Wildman–Crippen LogP) is 3.19. The number of aliphatic hydroxyl groups excluding tert-OH is 1. The van der Waals surface area contributed by atoms with Crippen molar-refractivity contribution in [3.8, 4) is 0 Å². The molecule has 1 aromatic heterocycles. The molecule has 0 fully saturated rings. The molecule has 0 radical (unpaired) electrons. The molecular weight excluding hydrogens is 255 g/mol. The Bertz CT molecular complexity index is 630. The fourth-order valence-electron chi connectivity index (χ4n) is 2.77. The molecule has 1 atom stereocenters. The average molecular weight is 272 g/mol. The number of anilines is 2. The van der Waals surface area contributed by atoms with E-state index in [9.17, 15) is 9.50 Å². The van der Waals surface area contributed by atoms with Gasteiger partial charge in [0.1, 0.15) is 0 Å². The second-order valence-corrected chi connectivity index (χ2v) is 5.15. The number of para-hydroxylation sites is 1. The summed E-state index contributed by atoms with van der Waals surface area (Å²) < 4.78 is 14.5. The van der Waals surface area contributed by atoms with Crippen molar-refractivity contribution in [3.05, 3.63) is 53.5 Å². The Morgan fingerprint density at radius 3 is 2.95 bits per heavy atom. The molecule has 20 heavy (non-hydrogen) atoms. The Balaban J connectivity index is 2.14. The maximum Gasteiger partial charge on any atom is 0.171 e. The summed E-state index contributed by atoms with van der Waals surface area (Å²) in [7, 11) is 0. The summed E-state index contributed by atoms with van der Waals surface area (Å²) >= 11 is 0. The lowest BCUT2D eigenvalue weighted by Crippen LogP contribution is -2.34. The standard InChI is InChI=1S/C16H17FN2O/c1-11-6-7-12-4-2-3-5-14(12)19(11)16-15(17)13(10-20)8-9-18-16/h2-5,8-9,11,20H,6-7,10H2,1H3. The summed E-state index contributed by atoms with van der Waals surface area (Å²) in [5.41, 5.74) is 2.50. The normalized spacial score (nSPS) is 17.9. The Morgan fingerprint density at radius 1 is 1.35 bits per heavy atom. The molecule has 0 bridgehead atoms. The molecule has 4 heteroatoms. The molecule has 0 spiro atoms. The van der Waals surface area contributed by atoms with Crippen molar-refractivity contribution in [2.45, 2.75) is 32.4 Å². The van der Waals surface area contributed by atoms with E-state index >= 15 is 0 Å². The van der Waals surface area contributed by atoms with Crippen LogP contribution >= 0.6 is 0 Å². The quantitative estimate of drug-likeness (QED) is 0.912. The third-order valence-corrected chi connectivity index (χ3v) is 3.87.